The second-order valence-electron chi connectivity index (χ2n) is 5.47. The van der Waals surface area contributed by atoms with E-state index in [-0.39, 0.29) is 33.1 Å². The molecule has 1 aromatic heterocycles. The Labute approximate surface area is 165 Å². The van der Waals surface area contributed by atoms with Crippen LogP contribution in [-0.4, -0.2) is 28.5 Å². The molecule has 8 nitrogen and oxygen atoms in total. The molecule has 2 aromatic carbocycles. The number of ether oxygens (including phenoxy) is 1. The van der Waals surface area contributed by atoms with Gasteiger partial charge in [0.05, 0.1) is 32.8 Å². The molecule has 0 aliphatic rings. The summed E-state index contributed by atoms with van der Waals surface area (Å²) in [6.45, 7) is -0.369. The van der Waals surface area contributed by atoms with Crippen molar-refractivity contribution < 1.29 is 23.6 Å². The summed E-state index contributed by atoms with van der Waals surface area (Å²) in [5.41, 5.74) is -0.416. The van der Waals surface area contributed by atoms with Crippen LogP contribution in [0.3, 0.4) is 0 Å². The number of benzene rings is 2. The highest BCUT2D eigenvalue weighted by Gasteiger charge is 2.18. The van der Waals surface area contributed by atoms with Crippen molar-refractivity contribution in [1.29, 1.82) is 0 Å². The first-order valence-corrected chi connectivity index (χ1v) is 8.89. The number of amides is 1. The minimum absolute atomic E-state index is 0.0221. The van der Waals surface area contributed by atoms with Gasteiger partial charge in [0.1, 0.15) is 12.4 Å². The van der Waals surface area contributed by atoms with Crippen LogP contribution < -0.4 is 4.80 Å². The maximum absolute atomic E-state index is 14.3. The number of halogens is 2. The van der Waals surface area contributed by atoms with Crippen LogP contribution in [0, 0.1) is 15.9 Å². The van der Waals surface area contributed by atoms with E-state index in [1.165, 1.54) is 29.9 Å². The van der Waals surface area contributed by atoms with E-state index in [0.717, 1.165) is 23.5 Å². The lowest BCUT2D eigenvalue weighted by Crippen LogP contribution is -2.23. The average Bonchev–Trinajstić information content (AvgIpc) is 2.99. The Morgan fingerprint density at radius 1 is 1.36 bits per heavy atom. The SMILES string of the molecule is COC(=O)Cn1c(=NC(=O)c2cc([N+](=O)[O-])ccc2Cl)sc2cccc(F)c21. The number of methoxy groups -OCH3 is 1. The number of non-ortho nitro benzene ring substituents is 1. The molecule has 11 heteroatoms. The van der Waals surface area contributed by atoms with Gasteiger partial charge in [-0.05, 0) is 18.2 Å². The number of thiazole rings is 1. The van der Waals surface area contributed by atoms with Crippen molar-refractivity contribution in [2.75, 3.05) is 7.11 Å². The van der Waals surface area contributed by atoms with Crippen LogP contribution in [0.4, 0.5) is 10.1 Å². The van der Waals surface area contributed by atoms with E-state index in [4.69, 9.17) is 11.6 Å². The molecule has 0 radical (unpaired) electrons. The lowest BCUT2D eigenvalue weighted by atomic mass is 10.2. The van der Waals surface area contributed by atoms with E-state index in [0.29, 0.717) is 4.70 Å². The van der Waals surface area contributed by atoms with Crippen molar-refractivity contribution in [2.45, 2.75) is 6.54 Å². The molecule has 0 fully saturated rings. The summed E-state index contributed by atoms with van der Waals surface area (Å²) < 4.78 is 20.6. The number of nitrogens with zero attached hydrogens (tertiary/aromatic N) is 3. The molecule has 0 unspecified atom stereocenters. The van der Waals surface area contributed by atoms with Crippen LogP contribution in [0.25, 0.3) is 10.2 Å². The van der Waals surface area contributed by atoms with Gasteiger partial charge in [0.15, 0.2) is 4.80 Å². The zero-order chi connectivity index (χ0) is 20.4. The highest BCUT2D eigenvalue weighted by atomic mass is 35.5. The molecule has 144 valence electrons. The third kappa shape index (κ3) is 3.78. The van der Waals surface area contributed by atoms with Crippen LogP contribution in [-0.2, 0) is 16.1 Å². The summed E-state index contributed by atoms with van der Waals surface area (Å²) in [7, 11) is 1.18. The molecule has 0 N–H and O–H groups in total. The highest BCUT2D eigenvalue weighted by Crippen LogP contribution is 2.24. The second-order valence-corrected chi connectivity index (χ2v) is 6.89. The number of aromatic nitrogens is 1. The Kier molecular flexibility index (Phi) is 5.52. The first kappa shape index (κ1) is 19.6. The lowest BCUT2D eigenvalue weighted by molar-refractivity contribution is -0.384. The average molecular weight is 424 g/mol. The number of esters is 1. The maximum Gasteiger partial charge on any atom is 0.325 e. The molecule has 0 aliphatic carbocycles. The van der Waals surface area contributed by atoms with Crippen LogP contribution in [0.15, 0.2) is 41.4 Å². The van der Waals surface area contributed by atoms with Gasteiger partial charge in [0.25, 0.3) is 11.6 Å². The monoisotopic (exact) mass is 423 g/mol. The zero-order valence-electron chi connectivity index (χ0n) is 14.2. The first-order valence-electron chi connectivity index (χ1n) is 7.69. The number of fused-ring (bicyclic) bond motifs is 1. The van der Waals surface area contributed by atoms with E-state index in [1.54, 1.807) is 6.07 Å². The number of rotatable bonds is 4. The van der Waals surface area contributed by atoms with Gasteiger partial charge < -0.3 is 9.30 Å². The van der Waals surface area contributed by atoms with Crippen LogP contribution >= 0.6 is 22.9 Å². The van der Waals surface area contributed by atoms with Gasteiger partial charge in [0, 0.05) is 12.1 Å². The number of hydrogen-bond donors (Lipinski definition) is 0. The Balaban J connectivity index is 2.19. The summed E-state index contributed by atoms with van der Waals surface area (Å²) in [6.07, 6.45) is 0. The summed E-state index contributed by atoms with van der Waals surface area (Å²) >= 11 is 6.95. The van der Waals surface area contributed by atoms with Gasteiger partial charge in [-0.25, -0.2) is 4.39 Å². The number of nitro groups is 1. The van der Waals surface area contributed by atoms with Gasteiger partial charge >= 0.3 is 5.97 Å². The third-order valence-electron chi connectivity index (χ3n) is 3.76. The molecule has 0 spiro atoms. The largest absolute Gasteiger partial charge is 0.468 e. The molecule has 3 rings (SSSR count). The molecule has 3 aromatic rings. The van der Waals surface area contributed by atoms with Gasteiger partial charge in [-0.2, -0.15) is 4.99 Å². The van der Waals surface area contributed by atoms with Crippen LogP contribution in [0.2, 0.25) is 5.02 Å². The molecule has 28 heavy (non-hydrogen) atoms. The number of carbonyl (C=O) groups excluding carboxylic acids is 2. The molecule has 0 aliphatic heterocycles. The summed E-state index contributed by atoms with van der Waals surface area (Å²) in [6, 6.07) is 7.69. The van der Waals surface area contributed by atoms with E-state index in [2.05, 4.69) is 9.73 Å². The van der Waals surface area contributed by atoms with Crippen LogP contribution in [0.1, 0.15) is 10.4 Å². The molecule has 0 bridgehead atoms. The fraction of sp³-hybridized carbons (Fsp3) is 0.118. The summed E-state index contributed by atoms with van der Waals surface area (Å²) in [5, 5.41) is 10.9. The Morgan fingerprint density at radius 3 is 2.79 bits per heavy atom. The van der Waals surface area contributed by atoms with Crippen molar-refractivity contribution >= 4 is 50.7 Å². The Bertz CT molecular complexity index is 1190. The predicted octanol–water partition coefficient (Wildman–Crippen LogP) is 3.32. The highest BCUT2D eigenvalue weighted by molar-refractivity contribution is 7.16. The van der Waals surface area contributed by atoms with Crippen molar-refractivity contribution in [3.05, 3.63) is 67.7 Å². The third-order valence-corrected chi connectivity index (χ3v) is 5.13. The van der Waals surface area contributed by atoms with Crippen molar-refractivity contribution in [3.8, 4) is 0 Å². The minimum atomic E-state index is -0.862. The normalized spacial score (nSPS) is 11.6. The van der Waals surface area contributed by atoms with Gasteiger partial charge in [0.2, 0.25) is 0 Å². The minimum Gasteiger partial charge on any atom is -0.468 e. The van der Waals surface area contributed by atoms with Gasteiger partial charge in [-0.3, -0.25) is 19.7 Å². The molecule has 1 heterocycles. The molecular weight excluding hydrogens is 413 g/mol. The molecule has 0 saturated carbocycles. The van der Waals surface area contributed by atoms with Crippen molar-refractivity contribution in [2.24, 2.45) is 4.99 Å². The Morgan fingerprint density at radius 2 is 2.11 bits per heavy atom. The van der Waals surface area contributed by atoms with Gasteiger partial charge in [-0.1, -0.05) is 29.0 Å². The topological polar surface area (TPSA) is 104 Å². The van der Waals surface area contributed by atoms with Gasteiger partial charge in [-0.15, -0.1) is 0 Å². The summed E-state index contributed by atoms with van der Waals surface area (Å²) in [4.78, 5) is 38.5. The number of hydrogen-bond acceptors (Lipinski definition) is 6. The van der Waals surface area contributed by atoms with E-state index in [1.807, 2.05) is 0 Å². The lowest BCUT2D eigenvalue weighted by Gasteiger charge is -2.04. The second kappa shape index (κ2) is 7.87. The first-order chi connectivity index (χ1) is 13.3. The standard InChI is InChI=1S/C17H11ClFN3O5S/c1-27-14(23)8-21-15-12(19)3-2-4-13(15)28-17(21)20-16(24)10-7-9(22(25)26)5-6-11(10)18/h2-7H,8H2,1H3. The fourth-order valence-electron chi connectivity index (χ4n) is 2.45. The number of nitro benzene ring substituents is 1. The van der Waals surface area contributed by atoms with E-state index < -0.39 is 22.6 Å². The van der Waals surface area contributed by atoms with E-state index in [9.17, 15) is 24.1 Å². The van der Waals surface area contributed by atoms with Crippen LogP contribution in [0.5, 0.6) is 0 Å². The maximum atomic E-state index is 14.3. The quantitative estimate of drug-likeness (QED) is 0.363. The van der Waals surface area contributed by atoms with Crippen molar-refractivity contribution in [3.63, 3.8) is 0 Å². The molecule has 0 atom stereocenters. The van der Waals surface area contributed by atoms with E-state index >= 15 is 0 Å². The molecule has 0 saturated heterocycles. The Hall–Kier alpha value is -3.11. The number of carbonyl (C=O) groups is 2. The summed E-state index contributed by atoms with van der Waals surface area (Å²) in [5.74, 6) is -2.12. The smallest absolute Gasteiger partial charge is 0.325 e. The number of para-hydroxylation sites is 1. The zero-order valence-corrected chi connectivity index (χ0v) is 15.8. The predicted molar refractivity (Wildman–Crippen MR) is 99.8 cm³/mol. The molecule has 1 amide bonds. The molecular formula is C17H11ClFN3O5S. The van der Waals surface area contributed by atoms with Crippen molar-refractivity contribution in [1.82, 2.24) is 4.57 Å². The fourth-order valence-corrected chi connectivity index (χ4v) is 3.69.